The van der Waals surface area contributed by atoms with Gasteiger partial charge in [0, 0.05) is 25.1 Å². The zero-order chi connectivity index (χ0) is 24.2. The molecule has 3 aromatic rings. The maximum atomic E-state index is 13.2. The average molecular weight is 475 g/mol. The predicted molar refractivity (Wildman–Crippen MR) is 137 cm³/mol. The van der Waals surface area contributed by atoms with Crippen molar-refractivity contribution >= 4 is 16.8 Å². The lowest BCUT2D eigenvalue weighted by molar-refractivity contribution is 0.0924. The highest BCUT2D eigenvalue weighted by molar-refractivity contribution is 5.97. The lowest BCUT2D eigenvalue weighted by atomic mass is 10.0. The number of methoxy groups -OCH3 is 1. The summed E-state index contributed by atoms with van der Waals surface area (Å²) in [6.07, 6.45) is 7.58. The fourth-order valence-electron chi connectivity index (χ4n) is 5.36. The molecule has 7 nitrogen and oxygen atoms in total. The van der Waals surface area contributed by atoms with Gasteiger partial charge in [0.15, 0.2) is 0 Å². The molecule has 1 aromatic heterocycles. The first-order valence-corrected chi connectivity index (χ1v) is 12.8. The maximum Gasteiger partial charge on any atom is 0.261 e. The summed E-state index contributed by atoms with van der Waals surface area (Å²) in [6, 6.07) is 13.5. The van der Waals surface area contributed by atoms with Crippen molar-refractivity contribution in [3.8, 4) is 5.75 Å². The summed E-state index contributed by atoms with van der Waals surface area (Å²) in [7, 11) is 1.67. The molecule has 2 aliphatic heterocycles. The molecule has 0 spiro atoms. The molecule has 1 unspecified atom stereocenters. The number of aromatic nitrogens is 2. The molecule has 0 saturated carbocycles. The zero-order valence-electron chi connectivity index (χ0n) is 20.5. The first kappa shape index (κ1) is 23.5. The summed E-state index contributed by atoms with van der Waals surface area (Å²) in [6.45, 7) is 3.30. The minimum atomic E-state index is -0.140. The van der Waals surface area contributed by atoms with Crippen LogP contribution in [0.4, 0.5) is 0 Å². The minimum Gasteiger partial charge on any atom is -0.497 e. The van der Waals surface area contributed by atoms with E-state index in [9.17, 15) is 9.59 Å². The van der Waals surface area contributed by atoms with Crippen LogP contribution in [0.3, 0.4) is 0 Å². The number of fused-ring (bicyclic) bond motifs is 2. The monoisotopic (exact) mass is 474 g/mol. The van der Waals surface area contributed by atoms with E-state index in [1.165, 1.54) is 24.8 Å². The summed E-state index contributed by atoms with van der Waals surface area (Å²) < 4.78 is 7.14. The molecule has 2 aliphatic rings. The minimum absolute atomic E-state index is 0.00327. The van der Waals surface area contributed by atoms with Gasteiger partial charge < -0.3 is 10.1 Å². The highest BCUT2D eigenvalue weighted by Gasteiger charge is 2.23. The molecule has 1 amide bonds. The van der Waals surface area contributed by atoms with Gasteiger partial charge in [0.25, 0.3) is 11.5 Å². The van der Waals surface area contributed by atoms with E-state index < -0.39 is 0 Å². The lowest BCUT2D eigenvalue weighted by Crippen LogP contribution is -2.40. The Kier molecular flexibility index (Phi) is 7.13. The van der Waals surface area contributed by atoms with Crippen LogP contribution >= 0.6 is 0 Å². The Morgan fingerprint density at radius 2 is 1.74 bits per heavy atom. The smallest absolute Gasteiger partial charge is 0.261 e. The Labute approximate surface area is 206 Å². The van der Waals surface area contributed by atoms with E-state index in [1.807, 2.05) is 16.7 Å². The number of ether oxygens (including phenoxy) is 1. The van der Waals surface area contributed by atoms with E-state index in [0.717, 1.165) is 56.9 Å². The Bertz CT molecular complexity index is 1250. The van der Waals surface area contributed by atoms with Gasteiger partial charge in [-0.2, -0.15) is 0 Å². The normalized spacial score (nSPS) is 17.4. The van der Waals surface area contributed by atoms with Gasteiger partial charge >= 0.3 is 0 Å². The van der Waals surface area contributed by atoms with E-state index in [4.69, 9.17) is 9.72 Å². The summed E-state index contributed by atoms with van der Waals surface area (Å²) in [5.41, 5.74) is 2.32. The van der Waals surface area contributed by atoms with Gasteiger partial charge in [0.1, 0.15) is 11.6 Å². The molecule has 184 valence electrons. The van der Waals surface area contributed by atoms with Crippen LogP contribution < -0.4 is 15.6 Å². The number of hydrogen-bond donors (Lipinski definition) is 1. The Morgan fingerprint density at radius 1 is 1.00 bits per heavy atom. The van der Waals surface area contributed by atoms with Gasteiger partial charge in [-0.1, -0.05) is 25.0 Å². The molecule has 1 saturated heterocycles. The first-order chi connectivity index (χ1) is 17.1. The molecule has 0 bridgehead atoms. The molecule has 5 rings (SSSR count). The van der Waals surface area contributed by atoms with E-state index in [0.29, 0.717) is 23.0 Å². The van der Waals surface area contributed by atoms with Crippen molar-refractivity contribution < 1.29 is 9.53 Å². The fraction of sp³-hybridized carbons (Fsp3) is 0.464. The predicted octanol–water partition coefficient (Wildman–Crippen LogP) is 4.09. The second-order valence-corrected chi connectivity index (χ2v) is 9.62. The van der Waals surface area contributed by atoms with Crippen molar-refractivity contribution in [2.24, 2.45) is 0 Å². The van der Waals surface area contributed by atoms with Crippen molar-refractivity contribution in [2.45, 2.75) is 57.5 Å². The zero-order valence-corrected chi connectivity index (χ0v) is 20.5. The highest BCUT2D eigenvalue weighted by atomic mass is 16.5. The largest absolute Gasteiger partial charge is 0.497 e. The third kappa shape index (κ3) is 5.10. The second-order valence-electron chi connectivity index (χ2n) is 9.62. The van der Waals surface area contributed by atoms with Crippen molar-refractivity contribution in [3.05, 3.63) is 69.8 Å². The number of carbonyl (C=O) groups excluding carboxylic acids is 1. The highest BCUT2D eigenvalue weighted by Crippen LogP contribution is 2.26. The first-order valence-electron chi connectivity index (χ1n) is 12.8. The standard InChI is InChI=1S/C28H34N4O3/c1-35-22-12-9-20(10-13-22)25(31-15-5-3-6-16-31)19-29-27(33)21-11-14-23-24(18-21)30-26-8-4-2-7-17-32(26)28(23)34/h9-14,18,25H,2-8,15-17,19H2,1H3,(H,29,33). The second kappa shape index (κ2) is 10.6. The quantitative estimate of drug-likeness (QED) is 0.582. The van der Waals surface area contributed by atoms with Gasteiger partial charge in [0.05, 0.1) is 24.1 Å². The number of rotatable bonds is 6. The van der Waals surface area contributed by atoms with E-state index in [-0.39, 0.29) is 17.5 Å². The van der Waals surface area contributed by atoms with Gasteiger partial charge in [0.2, 0.25) is 0 Å². The molecule has 1 fully saturated rings. The molecule has 0 aliphatic carbocycles. The molecular formula is C28H34N4O3. The van der Waals surface area contributed by atoms with Gasteiger partial charge in [-0.05, 0) is 74.7 Å². The van der Waals surface area contributed by atoms with Crippen molar-refractivity contribution in [1.82, 2.24) is 19.8 Å². The van der Waals surface area contributed by atoms with Gasteiger partial charge in [-0.25, -0.2) is 4.98 Å². The van der Waals surface area contributed by atoms with E-state index >= 15 is 0 Å². The van der Waals surface area contributed by atoms with Crippen molar-refractivity contribution in [3.63, 3.8) is 0 Å². The van der Waals surface area contributed by atoms with Crippen molar-refractivity contribution in [2.75, 3.05) is 26.7 Å². The summed E-state index contributed by atoms with van der Waals surface area (Å²) in [5, 5.41) is 3.73. The van der Waals surface area contributed by atoms with E-state index in [2.05, 4.69) is 22.3 Å². The number of carbonyl (C=O) groups is 1. The Morgan fingerprint density at radius 3 is 2.51 bits per heavy atom. The topological polar surface area (TPSA) is 76.5 Å². The number of hydrogen-bond acceptors (Lipinski definition) is 5. The number of piperidine rings is 1. The molecular weight excluding hydrogens is 440 g/mol. The number of aryl methyl sites for hydroxylation is 1. The molecule has 7 heteroatoms. The molecule has 35 heavy (non-hydrogen) atoms. The van der Waals surface area contributed by atoms with Crippen LogP contribution in [-0.2, 0) is 13.0 Å². The fourth-order valence-corrected chi connectivity index (χ4v) is 5.36. The SMILES string of the molecule is COc1ccc(C(CNC(=O)c2ccc3c(=O)n4c(nc3c2)CCCCC4)N2CCCCC2)cc1. The van der Waals surface area contributed by atoms with Crippen molar-refractivity contribution in [1.29, 1.82) is 0 Å². The molecule has 2 aromatic carbocycles. The van der Waals surface area contributed by atoms with Gasteiger partial charge in [-0.15, -0.1) is 0 Å². The Hall–Kier alpha value is -3.19. The van der Waals surface area contributed by atoms with Crippen LogP contribution in [-0.4, -0.2) is 47.1 Å². The summed E-state index contributed by atoms with van der Waals surface area (Å²) in [5.74, 6) is 1.52. The maximum absolute atomic E-state index is 13.2. The van der Waals surface area contributed by atoms with E-state index in [1.54, 1.807) is 25.3 Å². The van der Waals surface area contributed by atoms with Crippen LogP contribution in [0.25, 0.3) is 10.9 Å². The average Bonchev–Trinajstić information content (AvgIpc) is 3.15. The number of likely N-dealkylation sites (tertiary alicyclic amines) is 1. The van der Waals surface area contributed by atoms with Gasteiger partial charge in [-0.3, -0.25) is 19.1 Å². The number of amides is 1. The van der Waals surface area contributed by atoms with Crippen LogP contribution in [0, 0.1) is 0 Å². The number of nitrogens with zero attached hydrogens (tertiary/aromatic N) is 3. The number of nitrogens with one attached hydrogen (secondary N) is 1. The number of benzene rings is 2. The van der Waals surface area contributed by atoms with Crippen LogP contribution in [0.2, 0.25) is 0 Å². The molecule has 3 heterocycles. The molecule has 0 radical (unpaired) electrons. The lowest BCUT2D eigenvalue weighted by Gasteiger charge is -2.35. The third-order valence-electron chi connectivity index (χ3n) is 7.37. The molecule has 1 atom stereocenters. The third-order valence-corrected chi connectivity index (χ3v) is 7.37. The summed E-state index contributed by atoms with van der Waals surface area (Å²) in [4.78, 5) is 33.4. The summed E-state index contributed by atoms with van der Waals surface area (Å²) >= 11 is 0. The van der Waals surface area contributed by atoms with Crippen LogP contribution in [0.1, 0.15) is 66.3 Å². The van der Waals surface area contributed by atoms with Crippen LogP contribution in [0.15, 0.2) is 47.3 Å². The Balaban J connectivity index is 1.36. The van der Waals surface area contributed by atoms with Crippen LogP contribution in [0.5, 0.6) is 5.75 Å². The molecule has 1 N–H and O–H groups in total.